The first-order valence-electron chi connectivity index (χ1n) is 14.6. The average molecular weight is 567 g/mol. The van der Waals surface area contributed by atoms with Gasteiger partial charge in [-0.05, 0) is 77.5 Å². The molecule has 0 fully saturated rings. The van der Waals surface area contributed by atoms with Crippen molar-refractivity contribution in [3.05, 3.63) is 158 Å². The Kier molecular flexibility index (Phi) is 5.40. The zero-order valence-electron chi connectivity index (χ0n) is 23.3. The summed E-state index contributed by atoms with van der Waals surface area (Å²) in [4.78, 5) is 2.39. The first-order valence-corrected chi connectivity index (χ1v) is 15.4. The predicted molar refractivity (Wildman–Crippen MR) is 186 cm³/mol. The second-order valence-electron chi connectivity index (χ2n) is 11.0. The fourth-order valence-corrected chi connectivity index (χ4v) is 7.77. The topological polar surface area (TPSA) is 8.17 Å². The Bertz CT molecular complexity index is 2450. The lowest BCUT2D eigenvalue weighted by Gasteiger charge is -2.26. The molecule has 3 heteroatoms. The maximum Gasteiger partial charge on any atom is 0.0561 e. The first-order chi connectivity index (χ1) is 21.3. The third-order valence-electron chi connectivity index (χ3n) is 8.55. The fraction of sp³-hybridized carbons (Fsp3) is 0. The van der Waals surface area contributed by atoms with Gasteiger partial charge >= 0.3 is 0 Å². The quantitative estimate of drug-likeness (QED) is 0.206. The summed E-state index contributed by atoms with van der Waals surface area (Å²) >= 11 is 1.87. The number of rotatable bonds is 4. The van der Waals surface area contributed by atoms with E-state index in [1.807, 2.05) is 11.3 Å². The molecule has 43 heavy (non-hydrogen) atoms. The van der Waals surface area contributed by atoms with Gasteiger partial charge in [0.1, 0.15) is 0 Å². The number of fused-ring (bicyclic) bond motifs is 8. The summed E-state index contributed by atoms with van der Waals surface area (Å²) in [6, 6.07) is 57.2. The molecule has 0 spiro atoms. The Balaban J connectivity index is 1.32. The van der Waals surface area contributed by atoms with Crippen molar-refractivity contribution in [2.45, 2.75) is 0 Å². The van der Waals surface area contributed by atoms with Gasteiger partial charge in [0.2, 0.25) is 0 Å². The molecule has 9 aromatic rings. The van der Waals surface area contributed by atoms with Crippen LogP contribution in [0.5, 0.6) is 0 Å². The van der Waals surface area contributed by atoms with Crippen molar-refractivity contribution in [3.63, 3.8) is 0 Å². The highest BCUT2D eigenvalue weighted by Gasteiger charge is 2.18. The van der Waals surface area contributed by atoms with Gasteiger partial charge in [0.25, 0.3) is 0 Å². The van der Waals surface area contributed by atoms with E-state index in [0.29, 0.717) is 0 Å². The summed E-state index contributed by atoms with van der Waals surface area (Å²) in [5.41, 5.74) is 6.96. The molecule has 0 aliphatic heterocycles. The third kappa shape index (κ3) is 3.79. The standard InChI is InChI=1S/C40H26N2S/c1-3-11-28(12-4-1)41(30-21-19-27-20-24-39-40(35(27)25-30)34-16-8-10-18-38(34)43-39)31-22-23-33-32-15-7-9-17-36(32)42(37(33)26-31)29-13-5-2-6-14-29/h1-26H. The molecule has 0 saturated heterocycles. The number of hydrogen-bond donors (Lipinski definition) is 0. The predicted octanol–water partition coefficient (Wildman–Crippen LogP) is 11.8. The molecule has 2 nitrogen and oxygen atoms in total. The van der Waals surface area contributed by atoms with Crippen LogP contribution in [0.3, 0.4) is 0 Å². The summed E-state index contributed by atoms with van der Waals surface area (Å²) in [7, 11) is 0. The monoisotopic (exact) mass is 566 g/mol. The van der Waals surface area contributed by atoms with E-state index in [0.717, 1.165) is 22.7 Å². The number of nitrogens with zero attached hydrogens (tertiary/aromatic N) is 2. The van der Waals surface area contributed by atoms with Gasteiger partial charge in [-0.15, -0.1) is 11.3 Å². The summed E-state index contributed by atoms with van der Waals surface area (Å²) < 4.78 is 5.04. The van der Waals surface area contributed by atoms with E-state index in [2.05, 4.69) is 167 Å². The normalized spacial score (nSPS) is 11.7. The van der Waals surface area contributed by atoms with Crippen molar-refractivity contribution >= 4 is 81.1 Å². The first kappa shape index (κ1) is 24.2. The lowest BCUT2D eigenvalue weighted by Crippen LogP contribution is -2.10. The highest BCUT2D eigenvalue weighted by molar-refractivity contribution is 7.26. The zero-order valence-corrected chi connectivity index (χ0v) is 24.1. The van der Waals surface area contributed by atoms with Gasteiger partial charge in [-0.3, -0.25) is 0 Å². The Labute approximate surface area is 253 Å². The van der Waals surface area contributed by atoms with Crippen molar-refractivity contribution in [2.24, 2.45) is 0 Å². The highest BCUT2D eigenvalue weighted by Crippen LogP contribution is 2.43. The molecule has 0 aliphatic carbocycles. The number of benzene rings is 7. The lowest BCUT2D eigenvalue weighted by atomic mass is 10.0. The van der Waals surface area contributed by atoms with Gasteiger partial charge in [-0.25, -0.2) is 0 Å². The van der Waals surface area contributed by atoms with Crippen molar-refractivity contribution in [1.29, 1.82) is 0 Å². The summed E-state index contributed by atoms with van der Waals surface area (Å²) in [6.07, 6.45) is 0. The molecule has 9 rings (SSSR count). The van der Waals surface area contributed by atoms with Gasteiger partial charge in [0, 0.05) is 53.7 Å². The highest BCUT2D eigenvalue weighted by atomic mass is 32.1. The smallest absolute Gasteiger partial charge is 0.0561 e. The SMILES string of the molecule is c1ccc(N(c2ccc3ccc4sc5ccccc5c4c3c2)c2ccc3c4ccccc4n(-c4ccccc4)c3c2)cc1. The Hall–Kier alpha value is -5.38. The van der Waals surface area contributed by atoms with E-state index in [-0.39, 0.29) is 0 Å². The molecule has 0 amide bonds. The molecule has 0 aliphatic rings. The summed E-state index contributed by atoms with van der Waals surface area (Å²) in [5, 5.41) is 7.72. The average Bonchev–Trinajstić information content (AvgIpc) is 3.62. The van der Waals surface area contributed by atoms with Crippen LogP contribution in [-0.2, 0) is 0 Å². The molecular weight excluding hydrogens is 541 g/mol. The zero-order chi connectivity index (χ0) is 28.3. The van der Waals surface area contributed by atoms with Crippen molar-refractivity contribution in [2.75, 3.05) is 4.90 Å². The number of aromatic nitrogens is 1. The fourth-order valence-electron chi connectivity index (χ4n) is 6.65. The molecule has 7 aromatic carbocycles. The number of hydrogen-bond acceptors (Lipinski definition) is 2. The lowest BCUT2D eigenvalue weighted by molar-refractivity contribution is 1.18. The van der Waals surface area contributed by atoms with Crippen LogP contribution in [0.15, 0.2) is 158 Å². The van der Waals surface area contributed by atoms with Crippen LogP contribution in [0.1, 0.15) is 0 Å². The molecule has 202 valence electrons. The maximum atomic E-state index is 2.39. The van der Waals surface area contributed by atoms with Crippen LogP contribution >= 0.6 is 11.3 Å². The van der Waals surface area contributed by atoms with Crippen LogP contribution in [0.25, 0.3) is 58.4 Å². The minimum Gasteiger partial charge on any atom is -0.310 e. The van der Waals surface area contributed by atoms with Gasteiger partial charge < -0.3 is 9.47 Å². The molecule has 0 saturated carbocycles. The maximum absolute atomic E-state index is 2.39. The van der Waals surface area contributed by atoms with Crippen LogP contribution in [0.2, 0.25) is 0 Å². The van der Waals surface area contributed by atoms with E-state index in [9.17, 15) is 0 Å². The van der Waals surface area contributed by atoms with Crippen molar-refractivity contribution in [3.8, 4) is 5.69 Å². The van der Waals surface area contributed by atoms with E-state index < -0.39 is 0 Å². The van der Waals surface area contributed by atoms with Gasteiger partial charge in [-0.2, -0.15) is 0 Å². The van der Waals surface area contributed by atoms with Crippen molar-refractivity contribution in [1.82, 2.24) is 4.57 Å². The van der Waals surface area contributed by atoms with E-state index in [1.165, 1.54) is 52.8 Å². The Morgan fingerprint density at radius 2 is 1.07 bits per heavy atom. The minimum atomic E-state index is 1.13. The second kappa shape index (κ2) is 9.59. The van der Waals surface area contributed by atoms with Crippen LogP contribution in [0.4, 0.5) is 17.1 Å². The molecule has 2 aromatic heterocycles. The molecular formula is C40H26N2S. The minimum absolute atomic E-state index is 1.13. The Morgan fingerprint density at radius 3 is 1.93 bits per heavy atom. The molecule has 2 heterocycles. The van der Waals surface area contributed by atoms with E-state index >= 15 is 0 Å². The Morgan fingerprint density at radius 1 is 0.419 bits per heavy atom. The molecule has 0 unspecified atom stereocenters. The van der Waals surface area contributed by atoms with Gasteiger partial charge in [-0.1, -0.05) is 91.0 Å². The van der Waals surface area contributed by atoms with Crippen LogP contribution in [-0.4, -0.2) is 4.57 Å². The largest absolute Gasteiger partial charge is 0.310 e. The van der Waals surface area contributed by atoms with Crippen LogP contribution in [0, 0.1) is 0 Å². The number of thiophene rings is 1. The van der Waals surface area contributed by atoms with Crippen molar-refractivity contribution < 1.29 is 0 Å². The molecule has 0 atom stereocenters. The molecule has 0 bridgehead atoms. The molecule has 0 N–H and O–H groups in total. The second-order valence-corrected chi connectivity index (χ2v) is 12.1. The molecule has 0 radical (unpaired) electrons. The van der Waals surface area contributed by atoms with Gasteiger partial charge in [0.05, 0.1) is 11.0 Å². The van der Waals surface area contributed by atoms with Gasteiger partial charge in [0.15, 0.2) is 0 Å². The van der Waals surface area contributed by atoms with E-state index in [4.69, 9.17) is 0 Å². The van der Waals surface area contributed by atoms with E-state index in [1.54, 1.807) is 0 Å². The van der Waals surface area contributed by atoms with Crippen LogP contribution < -0.4 is 4.90 Å². The third-order valence-corrected chi connectivity index (χ3v) is 9.68. The number of para-hydroxylation sites is 3. The summed E-state index contributed by atoms with van der Waals surface area (Å²) in [5.74, 6) is 0. The number of anilines is 3. The summed E-state index contributed by atoms with van der Waals surface area (Å²) in [6.45, 7) is 0.